The molecule has 0 saturated heterocycles. The average Bonchev–Trinajstić information content (AvgIpc) is 2.88. The summed E-state index contributed by atoms with van der Waals surface area (Å²) in [6, 6.07) is 6.70. The van der Waals surface area contributed by atoms with Gasteiger partial charge >= 0.3 is 11.9 Å². The summed E-state index contributed by atoms with van der Waals surface area (Å²) in [4.78, 5) is 24.9. The molecule has 4 nitrogen and oxygen atoms in total. The van der Waals surface area contributed by atoms with Crippen LogP contribution in [0.2, 0.25) is 0 Å². The monoisotopic (exact) mass is 502 g/mol. The molecule has 4 heteroatoms. The highest BCUT2D eigenvalue weighted by molar-refractivity contribution is 5.95. The Labute approximate surface area is 221 Å². The first-order chi connectivity index (χ1) is 17.6. The molecule has 206 valence electrons. The van der Waals surface area contributed by atoms with E-state index in [2.05, 4.69) is 20.8 Å². The molecule has 0 aromatic heterocycles. The lowest BCUT2D eigenvalue weighted by Crippen LogP contribution is -2.18. The predicted octanol–water partition coefficient (Wildman–Crippen LogP) is 9.84. The highest BCUT2D eigenvalue weighted by Crippen LogP contribution is 2.16. The molecule has 0 spiro atoms. The van der Waals surface area contributed by atoms with Crippen LogP contribution in [0.4, 0.5) is 0 Å². The van der Waals surface area contributed by atoms with E-state index in [0.29, 0.717) is 17.7 Å². The maximum atomic E-state index is 12.5. The molecule has 1 aromatic rings. The molecule has 1 rings (SSSR count). The minimum absolute atomic E-state index is 0.0618. The van der Waals surface area contributed by atoms with Crippen LogP contribution in [0.5, 0.6) is 0 Å². The number of benzene rings is 1. The molecule has 36 heavy (non-hydrogen) atoms. The van der Waals surface area contributed by atoms with Crippen molar-refractivity contribution in [1.29, 1.82) is 0 Å². The zero-order valence-corrected chi connectivity index (χ0v) is 23.7. The van der Waals surface area contributed by atoms with Crippen LogP contribution >= 0.6 is 0 Å². The van der Waals surface area contributed by atoms with Crippen LogP contribution in [0, 0.1) is 0 Å². The van der Waals surface area contributed by atoms with Crippen molar-refractivity contribution < 1.29 is 19.1 Å². The lowest BCUT2D eigenvalue weighted by Gasteiger charge is -2.16. The van der Waals surface area contributed by atoms with E-state index in [1.807, 2.05) is 0 Å². The second-order valence-corrected chi connectivity index (χ2v) is 10.3. The van der Waals surface area contributed by atoms with Crippen LogP contribution in [0.15, 0.2) is 24.3 Å². The molecular formula is C32H54O4. The van der Waals surface area contributed by atoms with Crippen LogP contribution < -0.4 is 0 Å². The summed E-state index contributed by atoms with van der Waals surface area (Å²) in [5.74, 6) is -0.729. The van der Waals surface area contributed by atoms with Gasteiger partial charge in [0.1, 0.15) is 6.10 Å². The molecule has 1 aromatic carbocycles. The Morgan fingerprint density at radius 3 is 1.53 bits per heavy atom. The molecule has 0 amide bonds. The van der Waals surface area contributed by atoms with E-state index in [0.717, 1.165) is 38.5 Å². The van der Waals surface area contributed by atoms with Gasteiger partial charge in [-0.2, -0.15) is 0 Å². The summed E-state index contributed by atoms with van der Waals surface area (Å²) < 4.78 is 11.1. The number of ether oxygens (including phenoxy) is 2. The van der Waals surface area contributed by atoms with Crippen molar-refractivity contribution in [2.75, 3.05) is 6.61 Å². The van der Waals surface area contributed by atoms with Gasteiger partial charge in [0.15, 0.2) is 0 Å². The largest absolute Gasteiger partial charge is 0.462 e. The molecule has 0 aliphatic heterocycles. The van der Waals surface area contributed by atoms with E-state index in [1.165, 1.54) is 83.5 Å². The zero-order valence-electron chi connectivity index (χ0n) is 23.7. The standard InChI is InChI=1S/C32H54O4/c1-4-7-8-9-10-11-12-13-14-15-16-17-18-19-20-26-35-31(33)28-24-21-25-29(27-28)32(34)36-30(22-5-2)23-6-3/h21,24-25,27,30H,4-20,22-23,26H2,1-3H3. The lowest BCUT2D eigenvalue weighted by molar-refractivity contribution is 0.0258. The van der Waals surface area contributed by atoms with Crippen LogP contribution in [-0.2, 0) is 9.47 Å². The Bertz CT molecular complexity index is 678. The molecule has 0 aliphatic rings. The maximum Gasteiger partial charge on any atom is 0.338 e. The van der Waals surface area contributed by atoms with Gasteiger partial charge in [-0.05, 0) is 37.5 Å². The van der Waals surface area contributed by atoms with E-state index >= 15 is 0 Å². The van der Waals surface area contributed by atoms with Gasteiger partial charge in [0.2, 0.25) is 0 Å². The molecule has 0 fully saturated rings. The van der Waals surface area contributed by atoms with Gasteiger partial charge in [0, 0.05) is 0 Å². The van der Waals surface area contributed by atoms with Crippen molar-refractivity contribution in [2.24, 2.45) is 0 Å². The van der Waals surface area contributed by atoms with Gasteiger partial charge < -0.3 is 9.47 Å². The fraction of sp³-hybridized carbons (Fsp3) is 0.750. The number of unbranched alkanes of at least 4 members (excludes halogenated alkanes) is 14. The Hall–Kier alpha value is -1.84. The second-order valence-electron chi connectivity index (χ2n) is 10.3. The number of esters is 2. The number of carbonyl (C=O) groups excluding carboxylic acids is 2. The van der Waals surface area contributed by atoms with Crippen molar-refractivity contribution in [1.82, 2.24) is 0 Å². The molecule has 0 N–H and O–H groups in total. The minimum Gasteiger partial charge on any atom is -0.462 e. The molecule has 0 radical (unpaired) electrons. The normalized spacial score (nSPS) is 11.1. The quantitative estimate of drug-likeness (QED) is 0.110. The molecule has 0 aliphatic carbocycles. The zero-order chi connectivity index (χ0) is 26.3. The van der Waals surface area contributed by atoms with Gasteiger partial charge in [-0.15, -0.1) is 0 Å². The van der Waals surface area contributed by atoms with Gasteiger partial charge in [0.25, 0.3) is 0 Å². The summed E-state index contributed by atoms with van der Waals surface area (Å²) in [5, 5.41) is 0. The predicted molar refractivity (Wildman–Crippen MR) is 151 cm³/mol. The molecule has 0 unspecified atom stereocenters. The highest BCUT2D eigenvalue weighted by atomic mass is 16.5. The molecule has 0 atom stereocenters. The van der Waals surface area contributed by atoms with Gasteiger partial charge in [0.05, 0.1) is 17.7 Å². The van der Waals surface area contributed by atoms with E-state index in [4.69, 9.17) is 9.47 Å². The van der Waals surface area contributed by atoms with Gasteiger partial charge in [-0.3, -0.25) is 0 Å². The molecule has 0 bridgehead atoms. The Morgan fingerprint density at radius 1 is 0.611 bits per heavy atom. The number of hydrogen-bond acceptors (Lipinski definition) is 4. The third-order valence-electron chi connectivity index (χ3n) is 6.81. The number of carbonyl (C=O) groups is 2. The van der Waals surface area contributed by atoms with Gasteiger partial charge in [-0.1, -0.05) is 130 Å². The molecular weight excluding hydrogens is 448 g/mol. The van der Waals surface area contributed by atoms with Crippen molar-refractivity contribution in [3.63, 3.8) is 0 Å². The molecule has 0 saturated carbocycles. The SMILES string of the molecule is CCCCCCCCCCCCCCCCCOC(=O)c1cccc(C(=O)OC(CCC)CCC)c1. The lowest BCUT2D eigenvalue weighted by atomic mass is 10.0. The third-order valence-corrected chi connectivity index (χ3v) is 6.81. The van der Waals surface area contributed by atoms with Crippen LogP contribution in [-0.4, -0.2) is 24.6 Å². The van der Waals surface area contributed by atoms with Crippen molar-refractivity contribution in [2.45, 2.75) is 149 Å². The van der Waals surface area contributed by atoms with Crippen LogP contribution in [0.25, 0.3) is 0 Å². The number of rotatable bonds is 23. The third kappa shape index (κ3) is 16.0. The minimum atomic E-state index is -0.367. The van der Waals surface area contributed by atoms with E-state index in [1.54, 1.807) is 24.3 Å². The average molecular weight is 503 g/mol. The number of hydrogen-bond donors (Lipinski definition) is 0. The van der Waals surface area contributed by atoms with Crippen molar-refractivity contribution in [3.05, 3.63) is 35.4 Å². The fourth-order valence-corrected chi connectivity index (χ4v) is 4.62. The molecule has 0 heterocycles. The van der Waals surface area contributed by atoms with Gasteiger partial charge in [-0.25, -0.2) is 9.59 Å². The highest BCUT2D eigenvalue weighted by Gasteiger charge is 2.16. The van der Waals surface area contributed by atoms with Crippen LogP contribution in [0.1, 0.15) is 163 Å². The fourth-order valence-electron chi connectivity index (χ4n) is 4.62. The summed E-state index contributed by atoms with van der Waals surface area (Å²) >= 11 is 0. The smallest absolute Gasteiger partial charge is 0.338 e. The Kier molecular flexibility index (Phi) is 20.0. The summed E-state index contributed by atoms with van der Waals surface area (Å²) in [5.41, 5.74) is 0.821. The summed E-state index contributed by atoms with van der Waals surface area (Å²) in [6.07, 6.45) is 23.3. The maximum absolute atomic E-state index is 12.5. The first-order valence-corrected chi connectivity index (χ1v) is 15.1. The van der Waals surface area contributed by atoms with E-state index < -0.39 is 0 Å². The van der Waals surface area contributed by atoms with Crippen molar-refractivity contribution in [3.8, 4) is 0 Å². The first-order valence-electron chi connectivity index (χ1n) is 15.1. The van der Waals surface area contributed by atoms with Crippen molar-refractivity contribution >= 4 is 11.9 Å². The summed E-state index contributed by atoms with van der Waals surface area (Å²) in [6.45, 7) is 6.88. The van der Waals surface area contributed by atoms with Crippen LogP contribution in [0.3, 0.4) is 0 Å². The Morgan fingerprint density at radius 2 is 1.06 bits per heavy atom. The second kappa shape index (κ2) is 22.4. The van der Waals surface area contributed by atoms with E-state index in [9.17, 15) is 9.59 Å². The topological polar surface area (TPSA) is 52.6 Å². The van der Waals surface area contributed by atoms with E-state index in [-0.39, 0.29) is 18.0 Å². The first kappa shape index (κ1) is 32.2. The summed E-state index contributed by atoms with van der Waals surface area (Å²) in [7, 11) is 0. The Balaban J connectivity index is 2.11.